The summed E-state index contributed by atoms with van der Waals surface area (Å²) in [6.45, 7) is 7.47. The van der Waals surface area contributed by atoms with Gasteiger partial charge in [-0.3, -0.25) is 9.89 Å². The number of guanidine groups is 1. The van der Waals surface area contributed by atoms with Crippen LogP contribution in [0.25, 0.3) is 0 Å². The van der Waals surface area contributed by atoms with E-state index in [4.69, 9.17) is 4.74 Å². The molecule has 1 unspecified atom stereocenters. The summed E-state index contributed by atoms with van der Waals surface area (Å²) in [5, 5.41) is 3.66. The average molecular weight is 379 g/mol. The number of anilines is 1. The monoisotopic (exact) mass is 378 g/mol. The normalized spacial score (nSPS) is 18.8. The first-order valence-electron chi connectivity index (χ1n) is 10.2. The number of ether oxygens (including phenoxy) is 1. The summed E-state index contributed by atoms with van der Waals surface area (Å²) in [6.07, 6.45) is 1.07. The number of hydrogen-bond acceptors (Lipinski definition) is 3. The van der Waals surface area contributed by atoms with E-state index in [0.717, 1.165) is 51.8 Å². The Morgan fingerprint density at radius 3 is 2.57 bits per heavy atom. The molecule has 2 heterocycles. The number of para-hydroxylation sites is 1. The first-order chi connectivity index (χ1) is 13.8. The Labute approximate surface area is 168 Å². The van der Waals surface area contributed by atoms with Gasteiger partial charge in [0.25, 0.3) is 0 Å². The molecule has 0 amide bonds. The highest BCUT2D eigenvalue weighted by atomic mass is 16.5. The minimum Gasteiger partial charge on any atom is -0.379 e. The topological polar surface area (TPSA) is 40.1 Å². The van der Waals surface area contributed by atoms with Gasteiger partial charge in [0.1, 0.15) is 0 Å². The molecule has 4 rings (SSSR count). The molecule has 1 N–H and O–H groups in total. The van der Waals surface area contributed by atoms with Gasteiger partial charge in [-0.2, -0.15) is 0 Å². The van der Waals surface area contributed by atoms with E-state index < -0.39 is 0 Å². The van der Waals surface area contributed by atoms with Gasteiger partial charge in [-0.15, -0.1) is 0 Å². The standard InChI is InChI=1S/C23H30N4O/c1-18-7-9-20(10-8-18)22(26-13-15-28-16-14-26)17-25-23(24-2)27-12-11-19-5-3-4-6-21(19)27/h3-10,22H,11-17H2,1-2H3,(H,24,25). The van der Waals surface area contributed by atoms with E-state index in [9.17, 15) is 0 Å². The second kappa shape index (κ2) is 8.76. The fourth-order valence-electron chi connectivity index (χ4n) is 4.18. The molecule has 5 heteroatoms. The molecule has 0 spiro atoms. The summed E-state index contributed by atoms with van der Waals surface area (Å²) in [6, 6.07) is 17.8. The maximum Gasteiger partial charge on any atom is 0.198 e. The highest BCUT2D eigenvalue weighted by Gasteiger charge is 2.26. The van der Waals surface area contributed by atoms with Crippen LogP contribution in [0.2, 0.25) is 0 Å². The van der Waals surface area contributed by atoms with Crippen LogP contribution in [0, 0.1) is 6.92 Å². The highest BCUT2D eigenvalue weighted by Crippen LogP contribution is 2.28. The van der Waals surface area contributed by atoms with E-state index >= 15 is 0 Å². The number of aliphatic imine (C=N–C) groups is 1. The first-order valence-corrected chi connectivity index (χ1v) is 10.2. The Hall–Kier alpha value is -2.37. The predicted octanol–water partition coefficient (Wildman–Crippen LogP) is 3.01. The van der Waals surface area contributed by atoms with Crippen LogP contribution in [-0.2, 0) is 11.2 Å². The maximum absolute atomic E-state index is 5.58. The molecule has 2 aromatic rings. The number of morpholine rings is 1. The first kappa shape index (κ1) is 19.0. The lowest BCUT2D eigenvalue weighted by molar-refractivity contribution is 0.0170. The Kier molecular flexibility index (Phi) is 5.93. The quantitative estimate of drug-likeness (QED) is 0.656. The van der Waals surface area contributed by atoms with Gasteiger partial charge in [0.05, 0.1) is 19.3 Å². The molecule has 2 aromatic carbocycles. The number of rotatable bonds is 4. The second-order valence-electron chi connectivity index (χ2n) is 7.53. The molecule has 1 fully saturated rings. The Balaban J connectivity index is 1.51. The van der Waals surface area contributed by atoms with Crippen LogP contribution < -0.4 is 10.2 Å². The molecule has 0 aromatic heterocycles. The zero-order chi connectivity index (χ0) is 19.3. The lowest BCUT2D eigenvalue weighted by Gasteiger charge is -2.35. The largest absolute Gasteiger partial charge is 0.379 e. The highest BCUT2D eigenvalue weighted by molar-refractivity contribution is 5.97. The van der Waals surface area contributed by atoms with Crippen LogP contribution in [0.5, 0.6) is 0 Å². The molecule has 5 nitrogen and oxygen atoms in total. The van der Waals surface area contributed by atoms with Crippen molar-refractivity contribution < 1.29 is 4.74 Å². The Morgan fingerprint density at radius 2 is 1.82 bits per heavy atom. The Bertz CT molecular complexity index is 812. The van der Waals surface area contributed by atoms with E-state index in [2.05, 4.69) is 75.6 Å². The predicted molar refractivity (Wildman–Crippen MR) is 115 cm³/mol. The summed E-state index contributed by atoms with van der Waals surface area (Å²) in [4.78, 5) is 9.41. The van der Waals surface area contributed by atoms with Gasteiger partial charge >= 0.3 is 0 Å². The van der Waals surface area contributed by atoms with Crippen LogP contribution in [0.3, 0.4) is 0 Å². The molecule has 0 saturated carbocycles. The molecule has 0 radical (unpaired) electrons. The third-order valence-corrected chi connectivity index (χ3v) is 5.76. The molecular formula is C23H30N4O. The number of benzene rings is 2. The van der Waals surface area contributed by atoms with Gasteiger partial charge in [-0.05, 0) is 30.5 Å². The van der Waals surface area contributed by atoms with Gasteiger partial charge in [0.15, 0.2) is 5.96 Å². The molecule has 2 aliphatic heterocycles. The fraction of sp³-hybridized carbons (Fsp3) is 0.435. The van der Waals surface area contributed by atoms with Crippen LogP contribution in [0.4, 0.5) is 5.69 Å². The van der Waals surface area contributed by atoms with Crippen LogP contribution >= 0.6 is 0 Å². The molecular weight excluding hydrogens is 348 g/mol. The van der Waals surface area contributed by atoms with E-state index in [1.54, 1.807) is 0 Å². The number of nitrogens with zero attached hydrogens (tertiary/aromatic N) is 3. The van der Waals surface area contributed by atoms with Gasteiger partial charge in [-0.1, -0.05) is 48.0 Å². The van der Waals surface area contributed by atoms with E-state index in [1.807, 2.05) is 7.05 Å². The summed E-state index contributed by atoms with van der Waals surface area (Å²) in [5.41, 5.74) is 5.31. The van der Waals surface area contributed by atoms with Crippen LogP contribution in [0.1, 0.15) is 22.7 Å². The molecule has 1 saturated heterocycles. The molecule has 1 atom stereocenters. The van der Waals surface area contributed by atoms with Gasteiger partial charge in [-0.25, -0.2) is 0 Å². The van der Waals surface area contributed by atoms with Gasteiger partial charge in [0, 0.05) is 38.9 Å². The van der Waals surface area contributed by atoms with Crippen molar-refractivity contribution in [2.75, 3.05) is 51.3 Å². The number of hydrogen-bond donors (Lipinski definition) is 1. The van der Waals surface area contributed by atoms with E-state index in [-0.39, 0.29) is 0 Å². The minimum absolute atomic E-state index is 0.305. The lowest BCUT2D eigenvalue weighted by Crippen LogP contribution is -2.47. The molecule has 28 heavy (non-hydrogen) atoms. The van der Waals surface area contributed by atoms with Gasteiger partial charge < -0.3 is 15.0 Å². The van der Waals surface area contributed by atoms with Crippen LogP contribution in [-0.4, -0.2) is 57.3 Å². The van der Waals surface area contributed by atoms with Crippen molar-refractivity contribution in [3.8, 4) is 0 Å². The summed E-state index contributed by atoms with van der Waals surface area (Å²) < 4.78 is 5.58. The molecule has 0 aliphatic carbocycles. The molecule has 148 valence electrons. The van der Waals surface area contributed by atoms with Crippen molar-refractivity contribution in [2.45, 2.75) is 19.4 Å². The summed E-state index contributed by atoms with van der Waals surface area (Å²) >= 11 is 0. The number of fused-ring (bicyclic) bond motifs is 1. The summed E-state index contributed by atoms with van der Waals surface area (Å²) in [5.74, 6) is 0.954. The van der Waals surface area contributed by atoms with Crippen molar-refractivity contribution in [3.63, 3.8) is 0 Å². The zero-order valence-corrected chi connectivity index (χ0v) is 16.9. The van der Waals surface area contributed by atoms with Crippen molar-refractivity contribution in [2.24, 2.45) is 4.99 Å². The number of aryl methyl sites for hydroxylation is 1. The van der Waals surface area contributed by atoms with Gasteiger partial charge in [0.2, 0.25) is 0 Å². The van der Waals surface area contributed by atoms with Crippen molar-refractivity contribution in [3.05, 3.63) is 65.2 Å². The number of nitrogens with one attached hydrogen (secondary N) is 1. The maximum atomic E-state index is 5.58. The third kappa shape index (κ3) is 4.05. The van der Waals surface area contributed by atoms with E-state index in [0.29, 0.717) is 6.04 Å². The van der Waals surface area contributed by atoms with Crippen molar-refractivity contribution >= 4 is 11.6 Å². The minimum atomic E-state index is 0.305. The SMILES string of the molecule is CN=C(NCC(c1ccc(C)cc1)N1CCOCC1)N1CCc2ccccc21. The zero-order valence-electron chi connectivity index (χ0n) is 16.9. The van der Waals surface area contributed by atoms with Crippen LogP contribution in [0.15, 0.2) is 53.5 Å². The van der Waals surface area contributed by atoms with Crippen molar-refractivity contribution in [1.82, 2.24) is 10.2 Å². The van der Waals surface area contributed by atoms with Crippen molar-refractivity contribution in [1.29, 1.82) is 0 Å². The fourth-order valence-corrected chi connectivity index (χ4v) is 4.18. The molecule has 0 bridgehead atoms. The summed E-state index contributed by atoms with van der Waals surface area (Å²) in [7, 11) is 1.87. The third-order valence-electron chi connectivity index (χ3n) is 5.76. The second-order valence-corrected chi connectivity index (χ2v) is 7.53. The average Bonchev–Trinajstić information content (AvgIpc) is 3.17. The molecule has 2 aliphatic rings. The lowest BCUT2D eigenvalue weighted by atomic mass is 10.0. The van der Waals surface area contributed by atoms with E-state index in [1.165, 1.54) is 22.4 Å². The smallest absolute Gasteiger partial charge is 0.198 e. The Morgan fingerprint density at radius 1 is 1.07 bits per heavy atom.